The molecule has 5 heteroatoms. The predicted octanol–water partition coefficient (Wildman–Crippen LogP) is 4.81. The van der Waals surface area contributed by atoms with Crippen LogP contribution in [0.5, 0.6) is 0 Å². The minimum atomic E-state index is 0.133. The molecule has 0 saturated heterocycles. The maximum absolute atomic E-state index is 13.3. The van der Waals surface area contributed by atoms with Crippen LogP contribution in [0.1, 0.15) is 48.2 Å². The van der Waals surface area contributed by atoms with Gasteiger partial charge in [0.1, 0.15) is 5.69 Å². The lowest BCUT2D eigenvalue weighted by Gasteiger charge is -2.34. The Morgan fingerprint density at radius 1 is 1.33 bits per heavy atom. The number of fused-ring (bicyclic) bond motifs is 1. The molecule has 0 aliphatic heterocycles. The Morgan fingerprint density at radius 3 is 2.88 bits per heavy atom. The highest BCUT2D eigenvalue weighted by molar-refractivity contribution is 7.17. The molecule has 1 aliphatic rings. The van der Waals surface area contributed by atoms with E-state index in [-0.39, 0.29) is 5.91 Å². The first kappa shape index (κ1) is 15.5. The van der Waals surface area contributed by atoms with Crippen LogP contribution in [-0.2, 0) is 13.6 Å². The molecular weight excluding hydrogens is 320 g/mol. The van der Waals surface area contributed by atoms with Crippen molar-refractivity contribution in [3.05, 3.63) is 47.4 Å². The molecule has 0 spiro atoms. The molecule has 3 aromatic rings. The van der Waals surface area contributed by atoms with Crippen LogP contribution in [0, 0.1) is 0 Å². The van der Waals surface area contributed by atoms with E-state index in [0.717, 1.165) is 29.6 Å². The molecule has 1 aliphatic carbocycles. The minimum Gasteiger partial charge on any atom is -0.472 e. The summed E-state index contributed by atoms with van der Waals surface area (Å²) < 4.78 is 8.41. The average Bonchev–Trinajstić information content (AvgIpc) is 3.33. The number of carbonyl (C=O) groups is 1. The maximum atomic E-state index is 13.3. The van der Waals surface area contributed by atoms with E-state index >= 15 is 0 Å². The number of aromatic nitrogens is 1. The molecular formula is C19H22N2O2S. The van der Waals surface area contributed by atoms with Crippen LogP contribution in [-0.4, -0.2) is 21.4 Å². The number of thiophene rings is 1. The summed E-state index contributed by atoms with van der Waals surface area (Å²) in [6.07, 6.45) is 9.32. The van der Waals surface area contributed by atoms with E-state index < -0.39 is 0 Å². The molecule has 1 fully saturated rings. The van der Waals surface area contributed by atoms with E-state index in [1.165, 1.54) is 24.0 Å². The van der Waals surface area contributed by atoms with E-state index in [4.69, 9.17) is 4.42 Å². The van der Waals surface area contributed by atoms with E-state index in [2.05, 4.69) is 16.3 Å². The van der Waals surface area contributed by atoms with Gasteiger partial charge in [-0.3, -0.25) is 4.79 Å². The Balaban J connectivity index is 1.66. The summed E-state index contributed by atoms with van der Waals surface area (Å²) in [6, 6.07) is 6.40. The van der Waals surface area contributed by atoms with Crippen molar-refractivity contribution in [2.45, 2.75) is 44.7 Å². The Bertz CT molecular complexity index is 825. The molecule has 0 radical (unpaired) electrons. The van der Waals surface area contributed by atoms with Crippen LogP contribution < -0.4 is 0 Å². The molecule has 1 amide bonds. The van der Waals surface area contributed by atoms with Crippen LogP contribution in [0.4, 0.5) is 0 Å². The molecule has 24 heavy (non-hydrogen) atoms. The number of hydrogen-bond donors (Lipinski definition) is 0. The number of rotatable bonds is 4. The van der Waals surface area contributed by atoms with Gasteiger partial charge in [0.05, 0.1) is 22.7 Å². The second-order valence-electron chi connectivity index (χ2n) is 6.62. The lowest BCUT2D eigenvalue weighted by Crippen LogP contribution is -2.41. The first-order chi connectivity index (χ1) is 11.7. The standard InChI is InChI=1S/C19H22N2O2S/c1-20-16-8-10-24-18(16)11-17(20)19(22)21(12-14-7-9-23-13-14)15-5-3-2-4-6-15/h7-11,13,15H,2-6,12H2,1H3. The number of carbonyl (C=O) groups excluding carboxylic acids is 1. The third-order valence-corrected chi connectivity index (χ3v) is 5.95. The number of furan rings is 1. The Labute approximate surface area is 145 Å². The summed E-state index contributed by atoms with van der Waals surface area (Å²) in [7, 11) is 1.99. The molecule has 0 aromatic carbocycles. The highest BCUT2D eigenvalue weighted by Gasteiger charge is 2.28. The fraction of sp³-hybridized carbons (Fsp3) is 0.421. The fourth-order valence-electron chi connectivity index (χ4n) is 3.74. The highest BCUT2D eigenvalue weighted by atomic mass is 32.1. The van der Waals surface area contributed by atoms with Crippen LogP contribution in [0.2, 0.25) is 0 Å². The van der Waals surface area contributed by atoms with Gasteiger partial charge in [0.25, 0.3) is 5.91 Å². The normalized spacial score (nSPS) is 15.9. The van der Waals surface area contributed by atoms with Crippen molar-refractivity contribution in [2.75, 3.05) is 0 Å². The van der Waals surface area contributed by atoms with E-state index in [1.807, 2.05) is 23.7 Å². The minimum absolute atomic E-state index is 0.133. The van der Waals surface area contributed by atoms with Gasteiger partial charge in [0.15, 0.2) is 0 Å². The lowest BCUT2D eigenvalue weighted by molar-refractivity contribution is 0.0604. The van der Waals surface area contributed by atoms with Crippen molar-refractivity contribution >= 4 is 27.5 Å². The summed E-state index contributed by atoms with van der Waals surface area (Å²) in [4.78, 5) is 15.4. The molecule has 0 bridgehead atoms. The van der Waals surface area contributed by atoms with Gasteiger partial charge in [-0.05, 0) is 36.4 Å². The first-order valence-corrected chi connectivity index (χ1v) is 9.47. The summed E-state index contributed by atoms with van der Waals surface area (Å²) in [6.45, 7) is 0.624. The van der Waals surface area contributed by atoms with E-state index in [1.54, 1.807) is 23.9 Å². The van der Waals surface area contributed by atoms with Crippen molar-refractivity contribution in [1.29, 1.82) is 0 Å². The summed E-state index contributed by atoms with van der Waals surface area (Å²) >= 11 is 1.69. The Kier molecular flexibility index (Phi) is 4.19. The smallest absolute Gasteiger partial charge is 0.271 e. The van der Waals surface area contributed by atoms with Gasteiger partial charge in [-0.15, -0.1) is 11.3 Å². The van der Waals surface area contributed by atoms with Gasteiger partial charge >= 0.3 is 0 Å². The molecule has 0 atom stereocenters. The van der Waals surface area contributed by atoms with Gasteiger partial charge < -0.3 is 13.9 Å². The van der Waals surface area contributed by atoms with Crippen LogP contribution in [0.15, 0.2) is 40.5 Å². The first-order valence-electron chi connectivity index (χ1n) is 8.59. The second kappa shape index (κ2) is 6.48. The monoisotopic (exact) mass is 342 g/mol. The van der Waals surface area contributed by atoms with Gasteiger partial charge in [0, 0.05) is 25.2 Å². The van der Waals surface area contributed by atoms with Gasteiger partial charge in [-0.25, -0.2) is 0 Å². The Morgan fingerprint density at radius 2 is 2.17 bits per heavy atom. The second-order valence-corrected chi connectivity index (χ2v) is 7.56. The van der Waals surface area contributed by atoms with Crippen molar-refractivity contribution in [3.8, 4) is 0 Å². The number of aryl methyl sites for hydroxylation is 1. The SMILES string of the molecule is Cn1c(C(=O)N(Cc2ccoc2)C2CCCCC2)cc2sccc21. The topological polar surface area (TPSA) is 38.4 Å². The molecule has 0 N–H and O–H groups in total. The van der Waals surface area contributed by atoms with Gasteiger partial charge in [0.2, 0.25) is 0 Å². The summed E-state index contributed by atoms with van der Waals surface area (Å²) in [5.74, 6) is 0.133. The molecule has 3 aromatic heterocycles. The predicted molar refractivity (Wildman–Crippen MR) is 96.3 cm³/mol. The molecule has 0 unspecified atom stereocenters. The van der Waals surface area contributed by atoms with Crippen molar-refractivity contribution < 1.29 is 9.21 Å². The quantitative estimate of drug-likeness (QED) is 0.682. The highest BCUT2D eigenvalue weighted by Crippen LogP contribution is 2.29. The zero-order chi connectivity index (χ0) is 16.5. The third-order valence-electron chi connectivity index (χ3n) is 5.09. The van der Waals surface area contributed by atoms with Crippen molar-refractivity contribution in [3.63, 3.8) is 0 Å². The third kappa shape index (κ3) is 2.77. The zero-order valence-corrected chi connectivity index (χ0v) is 14.7. The van der Waals surface area contributed by atoms with Crippen molar-refractivity contribution in [2.24, 2.45) is 7.05 Å². The number of hydrogen-bond acceptors (Lipinski definition) is 3. The summed E-state index contributed by atoms with van der Waals surface area (Å²) in [5, 5.41) is 2.07. The molecule has 3 heterocycles. The fourth-order valence-corrected chi connectivity index (χ4v) is 4.59. The molecule has 4 rings (SSSR count). The van der Waals surface area contributed by atoms with Gasteiger partial charge in [-0.1, -0.05) is 19.3 Å². The average molecular weight is 342 g/mol. The van der Waals surface area contributed by atoms with Crippen LogP contribution in [0.25, 0.3) is 10.2 Å². The summed E-state index contributed by atoms with van der Waals surface area (Å²) in [5.41, 5.74) is 2.98. The molecule has 126 valence electrons. The molecule has 4 nitrogen and oxygen atoms in total. The zero-order valence-electron chi connectivity index (χ0n) is 13.9. The van der Waals surface area contributed by atoms with Crippen molar-refractivity contribution in [1.82, 2.24) is 9.47 Å². The molecule has 1 saturated carbocycles. The number of nitrogens with zero attached hydrogens (tertiary/aromatic N) is 2. The van der Waals surface area contributed by atoms with Crippen LogP contribution in [0.3, 0.4) is 0 Å². The van der Waals surface area contributed by atoms with E-state index in [9.17, 15) is 4.79 Å². The van der Waals surface area contributed by atoms with E-state index in [0.29, 0.717) is 12.6 Å². The largest absolute Gasteiger partial charge is 0.472 e. The number of amides is 1. The van der Waals surface area contributed by atoms with Gasteiger partial charge in [-0.2, -0.15) is 0 Å². The maximum Gasteiger partial charge on any atom is 0.271 e. The lowest BCUT2D eigenvalue weighted by atomic mass is 9.93. The Hall–Kier alpha value is -2.01. The van der Waals surface area contributed by atoms with Crippen LogP contribution >= 0.6 is 11.3 Å².